The van der Waals surface area contributed by atoms with Gasteiger partial charge >= 0.3 is 11.9 Å². The van der Waals surface area contributed by atoms with Gasteiger partial charge in [-0.1, -0.05) is 0 Å². The van der Waals surface area contributed by atoms with E-state index in [1.165, 1.54) is 0 Å². The van der Waals surface area contributed by atoms with Crippen LogP contribution >= 0.6 is 0 Å². The van der Waals surface area contributed by atoms with Gasteiger partial charge in [-0.05, 0) is 48.5 Å². The lowest BCUT2D eigenvalue weighted by molar-refractivity contribution is -0.160. The predicted octanol–water partition coefficient (Wildman–Crippen LogP) is 1.68. The topological polar surface area (TPSA) is 59.1 Å². The predicted molar refractivity (Wildman–Crippen MR) is 89.2 cm³/mol. The minimum atomic E-state index is -0.459. The Labute approximate surface area is 140 Å². The second kappa shape index (κ2) is 7.62. The monoisotopic (exact) mass is 328 g/mol. The molecule has 1 heterocycles. The summed E-state index contributed by atoms with van der Waals surface area (Å²) in [6.45, 7) is 16.1. The molecule has 1 aliphatic heterocycles. The zero-order chi connectivity index (χ0) is 17.8. The van der Waals surface area contributed by atoms with Crippen molar-refractivity contribution < 1.29 is 19.1 Å². The molecular formula is C17H32N2O4. The summed E-state index contributed by atoms with van der Waals surface area (Å²) in [5.74, 6) is -0.407. The summed E-state index contributed by atoms with van der Waals surface area (Å²) in [5.41, 5.74) is -0.917. The molecule has 1 rings (SSSR count). The van der Waals surface area contributed by atoms with Gasteiger partial charge in [-0.2, -0.15) is 0 Å². The maximum atomic E-state index is 11.9. The van der Waals surface area contributed by atoms with E-state index in [0.29, 0.717) is 13.1 Å². The average molecular weight is 328 g/mol. The highest BCUT2D eigenvalue weighted by Gasteiger charge is 2.29. The smallest absolute Gasteiger partial charge is 0.320 e. The van der Waals surface area contributed by atoms with Gasteiger partial charge in [-0.15, -0.1) is 0 Å². The number of ether oxygens (including phenoxy) is 2. The van der Waals surface area contributed by atoms with E-state index < -0.39 is 11.2 Å². The van der Waals surface area contributed by atoms with Gasteiger partial charge in [0.1, 0.15) is 11.2 Å². The largest absolute Gasteiger partial charge is 0.459 e. The highest BCUT2D eigenvalue weighted by Crippen LogP contribution is 2.13. The Balaban J connectivity index is 2.42. The summed E-state index contributed by atoms with van der Waals surface area (Å²) in [6.07, 6.45) is 0. The molecule has 1 unspecified atom stereocenters. The number of hydrogen-bond acceptors (Lipinski definition) is 6. The van der Waals surface area contributed by atoms with Gasteiger partial charge in [-0.25, -0.2) is 0 Å². The molecule has 0 N–H and O–H groups in total. The molecule has 1 atom stereocenters. The van der Waals surface area contributed by atoms with Crippen LogP contribution in [0.15, 0.2) is 0 Å². The molecule has 1 fully saturated rings. The minimum Gasteiger partial charge on any atom is -0.459 e. The van der Waals surface area contributed by atoms with Crippen molar-refractivity contribution in [2.24, 2.45) is 0 Å². The Morgan fingerprint density at radius 3 is 1.83 bits per heavy atom. The number of piperazine rings is 1. The van der Waals surface area contributed by atoms with Crippen molar-refractivity contribution in [2.45, 2.75) is 65.7 Å². The Bertz CT molecular complexity index is 423. The molecule has 0 aromatic carbocycles. The van der Waals surface area contributed by atoms with E-state index in [1.54, 1.807) is 0 Å². The molecule has 1 saturated heterocycles. The van der Waals surface area contributed by atoms with E-state index in [1.807, 2.05) is 41.5 Å². The van der Waals surface area contributed by atoms with Crippen molar-refractivity contribution in [1.82, 2.24) is 9.80 Å². The Morgan fingerprint density at radius 1 is 0.913 bits per heavy atom. The van der Waals surface area contributed by atoms with Crippen LogP contribution in [0.25, 0.3) is 0 Å². The van der Waals surface area contributed by atoms with Crippen LogP contribution < -0.4 is 0 Å². The van der Waals surface area contributed by atoms with Crippen LogP contribution in [0.3, 0.4) is 0 Å². The molecule has 0 bridgehead atoms. The van der Waals surface area contributed by atoms with Crippen molar-refractivity contribution in [1.29, 1.82) is 0 Å². The third kappa shape index (κ3) is 8.32. The maximum absolute atomic E-state index is 11.9. The van der Waals surface area contributed by atoms with E-state index >= 15 is 0 Å². The first-order chi connectivity index (χ1) is 10.4. The Kier molecular flexibility index (Phi) is 6.59. The Morgan fingerprint density at radius 2 is 1.39 bits per heavy atom. The first-order valence-corrected chi connectivity index (χ1v) is 8.26. The summed E-state index contributed by atoms with van der Waals surface area (Å²) in [7, 11) is 0. The fraction of sp³-hybridized carbons (Fsp3) is 0.882. The number of esters is 2. The average Bonchev–Trinajstić information content (AvgIpc) is 2.27. The van der Waals surface area contributed by atoms with Crippen LogP contribution in [0.4, 0.5) is 0 Å². The molecule has 0 aromatic rings. The normalized spacial score (nSPS) is 21.1. The van der Waals surface area contributed by atoms with Gasteiger partial charge in [0.15, 0.2) is 0 Å². The number of hydrogen-bond donors (Lipinski definition) is 0. The van der Waals surface area contributed by atoms with Crippen LogP contribution in [-0.2, 0) is 19.1 Å². The quantitative estimate of drug-likeness (QED) is 0.732. The lowest BCUT2D eigenvalue weighted by atomic mass is 10.1. The van der Waals surface area contributed by atoms with Crippen molar-refractivity contribution >= 4 is 11.9 Å². The van der Waals surface area contributed by atoms with Crippen molar-refractivity contribution in [3.8, 4) is 0 Å². The van der Waals surface area contributed by atoms with Crippen LogP contribution in [0.2, 0.25) is 0 Å². The standard InChI is InChI=1S/C17H32N2O4/c1-13-10-18(11-14(20)22-16(2,3)4)8-9-19(13)12-15(21)23-17(5,6)7/h13H,8-12H2,1-7H3. The van der Waals surface area contributed by atoms with Gasteiger partial charge in [0, 0.05) is 25.7 Å². The number of carbonyl (C=O) groups excluding carboxylic acids is 2. The minimum absolute atomic E-state index is 0.193. The first-order valence-electron chi connectivity index (χ1n) is 8.26. The number of nitrogens with zero attached hydrogens (tertiary/aromatic N) is 2. The molecule has 134 valence electrons. The van der Waals surface area contributed by atoms with E-state index in [9.17, 15) is 9.59 Å². The van der Waals surface area contributed by atoms with Crippen LogP contribution in [-0.4, -0.2) is 71.7 Å². The van der Waals surface area contributed by atoms with E-state index in [2.05, 4.69) is 16.7 Å². The molecule has 6 heteroatoms. The molecule has 23 heavy (non-hydrogen) atoms. The molecular weight excluding hydrogens is 296 g/mol. The maximum Gasteiger partial charge on any atom is 0.320 e. The molecule has 0 saturated carbocycles. The zero-order valence-electron chi connectivity index (χ0n) is 15.6. The highest BCUT2D eigenvalue weighted by atomic mass is 16.6. The zero-order valence-corrected chi connectivity index (χ0v) is 15.6. The fourth-order valence-electron chi connectivity index (χ4n) is 2.55. The molecule has 6 nitrogen and oxygen atoms in total. The number of rotatable bonds is 4. The molecule has 0 amide bonds. The fourth-order valence-corrected chi connectivity index (χ4v) is 2.55. The summed E-state index contributed by atoms with van der Waals surface area (Å²) >= 11 is 0. The summed E-state index contributed by atoms with van der Waals surface area (Å²) in [5, 5.41) is 0. The third-order valence-corrected chi connectivity index (χ3v) is 3.37. The molecule has 0 aromatic heterocycles. The van der Waals surface area contributed by atoms with Crippen LogP contribution in [0.5, 0.6) is 0 Å². The molecule has 0 aliphatic carbocycles. The number of carbonyl (C=O) groups is 2. The molecule has 0 radical (unpaired) electrons. The van der Waals surface area contributed by atoms with Gasteiger partial charge in [0.25, 0.3) is 0 Å². The van der Waals surface area contributed by atoms with Crippen molar-refractivity contribution in [3.05, 3.63) is 0 Å². The lowest BCUT2D eigenvalue weighted by Crippen LogP contribution is -2.54. The van der Waals surface area contributed by atoms with Gasteiger partial charge in [-0.3, -0.25) is 19.4 Å². The summed E-state index contributed by atoms with van der Waals surface area (Å²) < 4.78 is 10.7. The third-order valence-electron chi connectivity index (χ3n) is 3.37. The SMILES string of the molecule is CC1CN(CC(=O)OC(C)(C)C)CCN1CC(=O)OC(C)(C)C. The van der Waals surface area contributed by atoms with Crippen molar-refractivity contribution in [2.75, 3.05) is 32.7 Å². The lowest BCUT2D eigenvalue weighted by Gasteiger charge is -2.39. The highest BCUT2D eigenvalue weighted by molar-refractivity contribution is 5.72. The summed E-state index contributed by atoms with van der Waals surface area (Å²) in [4.78, 5) is 28.0. The van der Waals surface area contributed by atoms with Crippen LogP contribution in [0.1, 0.15) is 48.5 Å². The Hall–Kier alpha value is -1.14. The van der Waals surface area contributed by atoms with E-state index in [4.69, 9.17) is 9.47 Å². The van der Waals surface area contributed by atoms with Crippen molar-refractivity contribution in [3.63, 3.8) is 0 Å². The van der Waals surface area contributed by atoms with Crippen LogP contribution in [0, 0.1) is 0 Å². The molecule has 1 aliphatic rings. The second-order valence-corrected chi connectivity index (χ2v) is 8.23. The van der Waals surface area contributed by atoms with E-state index in [-0.39, 0.29) is 18.0 Å². The molecule has 0 spiro atoms. The van der Waals surface area contributed by atoms with E-state index in [0.717, 1.165) is 19.6 Å². The van der Waals surface area contributed by atoms with Gasteiger partial charge in [0.2, 0.25) is 0 Å². The van der Waals surface area contributed by atoms with Gasteiger partial charge in [0.05, 0.1) is 13.1 Å². The van der Waals surface area contributed by atoms with Gasteiger partial charge < -0.3 is 9.47 Å². The second-order valence-electron chi connectivity index (χ2n) is 8.23. The summed E-state index contributed by atoms with van der Waals surface area (Å²) in [6, 6.07) is 0.193. The first kappa shape index (κ1) is 19.9.